The summed E-state index contributed by atoms with van der Waals surface area (Å²) in [5.74, 6) is 2.01. The van der Waals surface area contributed by atoms with E-state index in [1.54, 1.807) is 11.3 Å². The van der Waals surface area contributed by atoms with Gasteiger partial charge in [0, 0.05) is 30.3 Å². The van der Waals surface area contributed by atoms with Gasteiger partial charge in [-0.2, -0.15) is 4.98 Å². The molecule has 2 aliphatic heterocycles. The summed E-state index contributed by atoms with van der Waals surface area (Å²) in [6, 6.07) is 9.91. The first kappa shape index (κ1) is 18.0. The van der Waals surface area contributed by atoms with Crippen LogP contribution in [0.1, 0.15) is 5.56 Å². The van der Waals surface area contributed by atoms with Gasteiger partial charge in [0.2, 0.25) is 5.95 Å². The van der Waals surface area contributed by atoms with Crippen molar-refractivity contribution in [3.8, 4) is 0 Å². The molecule has 2 aromatic heterocycles. The van der Waals surface area contributed by atoms with Crippen molar-refractivity contribution >= 4 is 44.1 Å². The topological polar surface area (TPSA) is 93.4 Å². The van der Waals surface area contributed by atoms with Crippen LogP contribution < -0.4 is 16.0 Å². The van der Waals surface area contributed by atoms with E-state index in [-0.39, 0.29) is 5.54 Å². The monoisotopic (exact) mass is 415 g/mol. The highest BCUT2D eigenvalue weighted by atomic mass is 32.2. The number of fused-ring (bicyclic) bond motifs is 2. The SMILES string of the molecule is NC1(CNc2nc(N3CC[S@@](=O)c4ccccc4C3)nc3ccsc23)COC1. The van der Waals surface area contributed by atoms with Crippen LogP contribution in [0.3, 0.4) is 0 Å². The van der Waals surface area contributed by atoms with E-state index in [0.717, 1.165) is 26.5 Å². The quantitative estimate of drug-likeness (QED) is 0.673. The average Bonchev–Trinajstić information content (AvgIpc) is 3.09. The lowest BCUT2D eigenvalue weighted by Gasteiger charge is -2.37. The molecule has 146 valence electrons. The minimum Gasteiger partial charge on any atom is -0.377 e. The van der Waals surface area contributed by atoms with Crippen molar-refractivity contribution in [2.45, 2.75) is 17.0 Å². The molecule has 3 N–H and O–H groups in total. The van der Waals surface area contributed by atoms with Crippen LogP contribution in [0.4, 0.5) is 11.8 Å². The van der Waals surface area contributed by atoms with E-state index in [1.807, 2.05) is 35.7 Å². The van der Waals surface area contributed by atoms with Crippen molar-refractivity contribution in [2.75, 3.05) is 42.3 Å². The predicted octanol–water partition coefficient (Wildman–Crippen LogP) is 1.96. The van der Waals surface area contributed by atoms with Crippen LogP contribution in [0, 0.1) is 0 Å². The van der Waals surface area contributed by atoms with Gasteiger partial charge in [0.1, 0.15) is 5.82 Å². The number of hydrogen-bond acceptors (Lipinski definition) is 8. The fourth-order valence-corrected chi connectivity index (χ4v) is 5.51. The van der Waals surface area contributed by atoms with Gasteiger partial charge < -0.3 is 20.7 Å². The van der Waals surface area contributed by atoms with Gasteiger partial charge in [-0.05, 0) is 23.1 Å². The number of aromatic nitrogens is 2. The number of nitrogens with zero attached hydrogens (tertiary/aromatic N) is 3. The Bertz CT molecular complexity index is 1050. The van der Waals surface area contributed by atoms with Crippen molar-refractivity contribution in [3.63, 3.8) is 0 Å². The Morgan fingerprint density at radius 3 is 2.96 bits per heavy atom. The molecule has 0 saturated carbocycles. The Kier molecular flexibility index (Phi) is 4.54. The summed E-state index contributed by atoms with van der Waals surface area (Å²) >= 11 is 1.61. The summed E-state index contributed by atoms with van der Waals surface area (Å²) in [5.41, 5.74) is 7.90. The molecular formula is C19H21N5O2S2. The predicted molar refractivity (Wildman–Crippen MR) is 112 cm³/mol. The van der Waals surface area contributed by atoms with Crippen molar-refractivity contribution in [3.05, 3.63) is 41.3 Å². The van der Waals surface area contributed by atoms with Gasteiger partial charge in [-0.15, -0.1) is 11.3 Å². The van der Waals surface area contributed by atoms with E-state index in [0.29, 0.717) is 44.5 Å². The second-order valence-corrected chi connectivity index (χ2v) is 9.75. The van der Waals surface area contributed by atoms with Crippen LogP contribution in [-0.4, -0.2) is 51.8 Å². The molecule has 0 aliphatic carbocycles. The number of thiophene rings is 1. The van der Waals surface area contributed by atoms with Crippen molar-refractivity contribution in [1.29, 1.82) is 0 Å². The molecule has 3 aromatic rings. The number of rotatable bonds is 4. The van der Waals surface area contributed by atoms with Gasteiger partial charge in [-0.25, -0.2) is 4.98 Å². The van der Waals surface area contributed by atoms with Crippen molar-refractivity contribution in [1.82, 2.24) is 9.97 Å². The maximum atomic E-state index is 12.6. The highest BCUT2D eigenvalue weighted by Gasteiger charge is 2.34. The van der Waals surface area contributed by atoms with E-state index in [4.69, 9.17) is 20.4 Å². The maximum absolute atomic E-state index is 12.6. The molecule has 1 fully saturated rings. The number of hydrogen-bond donors (Lipinski definition) is 2. The normalized spacial score (nSPS) is 21.0. The summed E-state index contributed by atoms with van der Waals surface area (Å²) in [5, 5.41) is 5.43. The average molecular weight is 416 g/mol. The third-order valence-electron chi connectivity index (χ3n) is 5.09. The summed E-state index contributed by atoms with van der Waals surface area (Å²) in [4.78, 5) is 12.6. The molecule has 0 spiro atoms. The van der Waals surface area contributed by atoms with Gasteiger partial charge in [0.15, 0.2) is 0 Å². The minimum atomic E-state index is -1.00. The third-order valence-corrected chi connectivity index (χ3v) is 7.44. The number of ether oxygens (including phenoxy) is 1. The van der Waals surface area contributed by atoms with Gasteiger partial charge in [0.05, 0.1) is 39.8 Å². The standard InChI is InChI=1S/C19H21N5O2S2/c20-19(11-26-12-19)10-21-17-16-14(5-7-27-16)22-18(23-17)24-6-8-28(25)15-4-2-1-3-13(15)9-24/h1-5,7H,6,8-12,20H2,(H,21,22,23)/t28-/m1/s1. The Morgan fingerprint density at radius 1 is 1.29 bits per heavy atom. The zero-order valence-corrected chi connectivity index (χ0v) is 16.9. The molecule has 1 atom stereocenters. The molecule has 0 radical (unpaired) electrons. The maximum Gasteiger partial charge on any atom is 0.228 e. The number of nitrogens with two attached hydrogens (primary N) is 1. The molecule has 1 saturated heterocycles. The molecule has 0 unspecified atom stereocenters. The van der Waals surface area contributed by atoms with Crippen LogP contribution in [-0.2, 0) is 22.1 Å². The van der Waals surface area contributed by atoms with Crippen LogP contribution in [0.5, 0.6) is 0 Å². The lowest BCUT2D eigenvalue weighted by molar-refractivity contribution is -0.0461. The molecule has 28 heavy (non-hydrogen) atoms. The Morgan fingerprint density at radius 2 is 2.14 bits per heavy atom. The minimum absolute atomic E-state index is 0.340. The highest BCUT2D eigenvalue weighted by Crippen LogP contribution is 2.30. The van der Waals surface area contributed by atoms with E-state index < -0.39 is 10.8 Å². The van der Waals surface area contributed by atoms with Crippen LogP contribution in [0.15, 0.2) is 40.6 Å². The largest absolute Gasteiger partial charge is 0.377 e. The van der Waals surface area contributed by atoms with E-state index >= 15 is 0 Å². The number of anilines is 2. The molecule has 4 heterocycles. The molecule has 0 amide bonds. The van der Waals surface area contributed by atoms with Gasteiger partial charge in [0.25, 0.3) is 0 Å². The van der Waals surface area contributed by atoms with Gasteiger partial charge in [-0.1, -0.05) is 18.2 Å². The van der Waals surface area contributed by atoms with Gasteiger partial charge >= 0.3 is 0 Å². The smallest absolute Gasteiger partial charge is 0.228 e. The first-order valence-electron chi connectivity index (χ1n) is 9.18. The first-order chi connectivity index (χ1) is 13.6. The van der Waals surface area contributed by atoms with Gasteiger partial charge in [-0.3, -0.25) is 4.21 Å². The first-order valence-corrected chi connectivity index (χ1v) is 11.4. The summed E-state index contributed by atoms with van der Waals surface area (Å²) in [7, 11) is -1.00. The third kappa shape index (κ3) is 3.28. The van der Waals surface area contributed by atoms with Crippen molar-refractivity contribution in [2.24, 2.45) is 5.73 Å². The Hall–Kier alpha value is -2.07. The summed E-state index contributed by atoms with van der Waals surface area (Å²) < 4.78 is 18.8. The molecule has 5 rings (SSSR count). The van der Waals surface area contributed by atoms with E-state index in [2.05, 4.69) is 10.2 Å². The van der Waals surface area contributed by atoms with E-state index in [1.165, 1.54) is 0 Å². The van der Waals surface area contributed by atoms with Crippen molar-refractivity contribution < 1.29 is 8.95 Å². The second-order valence-electron chi connectivity index (χ2n) is 7.29. The summed E-state index contributed by atoms with van der Waals surface area (Å²) in [6.45, 7) is 3.00. The second kappa shape index (κ2) is 7.07. The lowest BCUT2D eigenvalue weighted by atomic mass is 9.99. The van der Waals surface area contributed by atoms with Crippen LogP contribution >= 0.6 is 11.3 Å². The molecule has 0 bridgehead atoms. The van der Waals surface area contributed by atoms with Crippen LogP contribution in [0.2, 0.25) is 0 Å². The molecular weight excluding hydrogens is 394 g/mol. The fraction of sp³-hybridized carbons (Fsp3) is 0.368. The molecule has 2 aliphatic rings. The van der Waals surface area contributed by atoms with E-state index in [9.17, 15) is 4.21 Å². The number of benzene rings is 1. The molecule has 1 aromatic carbocycles. The lowest BCUT2D eigenvalue weighted by Crippen LogP contribution is -2.61. The highest BCUT2D eigenvalue weighted by molar-refractivity contribution is 7.85. The summed E-state index contributed by atoms with van der Waals surface area (Å²) in [6.07, 6.45) is 0. The molecule has 7 nitrogen and oxygen atoms in total. The zero-order chi connectivity index (χ0) is 19.1. The fourth-order valence-electron chi connectivity index (χ4n) is 3.45. The van der Waals surface area contributed by atoms with Crippen LogP contribution in [0.25, 0.3) is 10.2 Å². The zero-order valence-electron chi connectivity index (χ0n) is 15.3. The Balaban J connectivity index is 1.48. The number of nitrogens with one attached hydrogen (secondary N) is 1. The Labute approximate surface area is 169 Å². The molecule has 9 heteroatoms.